The molecule has 4 aromatic rings. The van der Waals surface area contributed by atoms with Gasteiger partial charge < -0.3 is 20.4 Å². The van der Waals surface area contributed by atoms with Gasteiger partial charge in [0.1, 0.15) is 23.0 Å². The van der Waals surface area contributed by atoms with E-state index in [4.69, 9.17) is 0 Å². The van der Waals surface area contributed by atoms with Gasteiger partial charge in [0, 0.05) is 19.3 Å². The van der Waals surface area contributed by atoms with Gasteiger partial charge in [-0.2, -0.15) is 0 Å². The molecule has 4 rings (SSSR count). The van der Waals surface area contributed by atoms with Gasteiger partial charge in [0.05, 0.1) is 0 Å². The first-order chi connectivity index (χ1) is 23.5. The molecule has 0 aliphatic heterocycles. The minimum absolute atomic E-state index is 0.141. The molecule has 4 heteroatoms. The molecule has 0 saturated heterocycles. The van der Waals surface area contributed by atoms with Crippen molar-refractivity contribution in [2.75, 3.05) is 0 Å². The third-order valence-corrected chi connectivity index (χ3v) is 8.97. The molecule has 0 spiro atoms. The predicted octanol–water partition coefficient (Wildman–Crippen LogP) is 10.6. The molecule has 0 amide bonds. The van der Waals surface area contributed by atoms with E-state index in [0.717, 1.165) is 66.8 Å². The highest BCUT2D eigenvalue weighted by Gasteiger charge is 2.20. The zero-order chi connectivity index (χ0) is 36.9. The number of aromatic hydroxyl groups is 4. The third-order valence-electron chi connectivity index (χ3n) is 8.97. The highest BCUT2D eigenvalue weighted by molar-refractivity contribution is 5.56. The topological polar surface area (TPSA) is 80.9 Å². The summed E-state index contributed by atoms with van der Waals surface area (Å²) in [5.41, 5.74) is 14.1. The number of phenolic OH excluding ortho intramolecular Hbond substituents is 4. The zero-order valence-electron chi connectivity index (χ0n) is 30.9. The molecule has 0 bridgehead atoms. The first kappa shape index (κ1) is 37.9. The molecule has 0 aliphatic rings. The van der Waals surface area contributed by atoms with E-state index in [1.807, 2.05) is 90.1 Å². The maximum absolute atomic E-state index is 11.8. The summed E-state index contributed by atoms with van der Waals surface area (Å²) in [6.45, 7) is 28.2. The monoisotopic (exact) mass is 670 g/mol. The maximum Gasteiger partial charge on any atom is 0.122 e. The number of benzene rings is 4. The van der Waals surface area contributed by atoms with Crippen molar-refractivity contribution in [2.24, 2.45) is 0 Å². The van der Waals surface area contributed by atoms with E-state index in [0.29, 0.717) is 67.2 Å². The van der Waals surface area contributed by atoms with Crippen LogP contribution in [0.15, 0.2) is 97.1 Å². The fourth-order valence-corrected chi connectivity index (χ4v) is 6.93. The number of allylic oxidation sites excluding steroid dienone is 4. The van der Waals surface area contributed by atoms with Gasteiger partial charge in [0.15, 0.2) is 0 Å². The molecule has 0 aliphatic carbocycles. The van der Waals surface area contributed by atoms with Crippen molar-refractivity contribution in [3.05, 3.63) is 164 Å². The summed E-state index contributed by atoms with van der Waals surface area (Å²) in [4.78, 5) is 0. The lowest BCUT2D eigenvalue weighted by atomic mass is 9.89. The van der Waals surface area contributed by atoms with Gasteiger partial charge in [-0.05, 0) is 133 Å². The molecule has 0 heterocycles. The van der Waals surface area contributed by atoms with E-state index < -0.39 is 0 Å². The minimum atomic E-state index is 0.141. The standard InChI is InChI=1S/C46H54O4/c1-11-36-17-33(13-28(4)5)19-38(44(36)48)25-40-21-35(15-30(8)9)23-42(46(40)50)26-41-22-34(14-29(6)7)20-39(45(41)49)24-37-18-32(12-27(2)3)16-31(10)43(37)47/h16-23,47-50H,2,4,6,8,11-15,24-26H2,1,3,5,7,9-10H3. The molecule has 0 saturated carbocycles. The number of hydrogen-bond donors (Lipinski definition) is 4. The molecule has 4 nitrogen and oxygen atoms in total. The molecule has 50 heavy (non-hydrogen) atoms. The highest BCUT2D eigenvalue weighted by Crippen LogP contribution is 2.38. The van der Waals surface area contributed by atoms with Crippen LogP contribution in [0.25, 0.3) is 0 Å². The summed E-state index contributed by atoms with van der Waals surface area (Å²) in [5, 5.41) is 45.9. The molecule has 4 N–H and O–H groups in total. The van der Waals surface area contributed by atoms with Crippen LogP contribution < -0.4 is 0 Å². The largest absolute Gasteiger partial charge is 0.507 e. The molecule has 0 radical (unpaired) electrons. The summed E-state index contributed by atoms with van der Waals surface area (Å²) >= 11 is 0. The van der Waals surface area contributed by atoms with Crippen LogP contribution in [0.1, 0.15) is 101 Å². The first-order valence-corrected chi connectivity index (χ1v) is 17.4. The number of aryl methyl sites for hydroxylation is 2. The molecule has 0 unspecified atom stereocenters. The van der Waals surface area contributed by atoms with E-state index in [9.17, 15) is 20.4 Å². The highest BCUT2D eigenvalue weighted by atomic mass is 16.3. The van der Waals surface area contributed by atoms with Crippen molar-refractivity contribution >= 4 is 0 Å². The van der Waals surface area contributed by atoms with E-state index >= 15 is 0 Å². The second kappa shape index (κ2) is 16.2. The van der Waals surface area contributed by atoms with E-state index in [1.54, 1.807) is 0 Å². The van der Waals surface area contributed by atoms with Gasteiger partial charge in [-0.1, -0.05) is 104 Å². The number of rotatable bonds is 15. The lowest BCUT2D eigenvalue weighted by molar-refractivity contribution is 0.453. The minimum Gasteiger partial charge on any atom is -0.507 e. The Labute approximate surface area is 299 Å². The van der Waals surface area contributed by atoms with Crippen molar-refractivity contribution < 1.29 is 20.4 Å². The number of phenols is 4. The van der Waals surface area contributed by atoms with Crippen molar-refractivity contribution in [1.82, 2.24) is 0 Å². The average molecular weight is 671 g/mol. The van der Waals surface area contributed by atoms with Gasteiger partial charge in [-0.15, -0.1) is 0 Å². The van der Waals surface area contributed by atoms with Crippen LogP contribution in [0.2, 0.25) is 0 Å². The van der Waals surface area contributed by atoms with Gasteiger partial charge in [-0.25, -0.2) is 0 Å². The fraction of sp³-hybridized carbons (Fsp3) is 0.304. The van der Waals surface area contributed by atoms with Crippen LogP contribution in [0, 0.1) is 6.92 Å². The summed E-state index contributed by atoms with van der Waals surface area (Å²) in [5.74, 6) is 0.759. The van der Waals surface area contributed by atoms with Gasteiger partial charge >= 0.3 is 0 Å². The van der Waals surface area contributed by atoms with Gasteiger partial charge in [0.2, 0.25) is 0 Å². The number of hydrogen-bond acceptors (Lipinski definition) is 4. The van der Waals surface area contributed by atoms with Gasteiger partial charge in [0.25, 0.3) is 0 Å². The lowest BCUT2D eigenvalue weighted by Gasteiger charge is -2.18. The van der Waals surface area contributed by atoms with Crippen molar-refractivity contribution in [3.8, 4) is 23.0 Å². The Morgan fingerprint density at radius 2 is 0.660 bits per heavy atom. The molecule has 0 aromatic heterocycles. The van der Waals surface area contributed by atoms with Crippen molar-refractivity contribution in [2.45, 2.75) is 92.9 Å². The second-order valence-corrected chi connectivity index (χ2v) is 14.6. The first-order valence-electron chi connectivity index (χ1n) is 17.4. The van der Waals surface area contributed by atoms with Crippen LogP contribution in [0.3, 0.4) is 0 Å². The summed E-state index contributed by atoms with van der Waals surface area (Å²) in [6.07, 6.45) is 4.34. The Bertz CT molecular complexity index is 1970. The fourth-order valence-electron chi connectivity index (χ4n) is 6.93. The summed E-state index contributed by atoms with van der Waals surface area (Å²) < 4.78 is 0. The quantitative estimate of drug-likeness (QED) is 0.0949. The van der Waals surface area contributed by atoms with Crippen LogP contribution in [0.4, 0.5) is 0 Å². The van der Waals surface area contributed by atoms with Crippen LogP contribution in [-0.4, -0.2) is 20.4 Å². The Balaban J connectivity index is 1.83. The second-order valence-electron chi connectivity index (χ2n) is 14.6. The smallest absolute Gasteiger partial charge is 0.122 e. The van der Waals surface area contributed by atoms with Crippen LogP contribution in [0.5, 0.6) is 23.0 Å². The molecule has 0 fully saturated rings. The molecule has 0 atom stereocenters. The van der Waals surface area contributed by atoms with Crippen LogP contribution in [-0.2, 0) is 51.4 Å². The average Bonchev–Trinajstić information content (AvgIpc) is 3.00. The Hall–Kier alpha value is -4.96. The molecule has 4 aromatic carbocycles. The van der Waals surface area contributed by atoms with Gasteiger partial charge in [-0.3, -0.25) is 0 Å². The Morgan fingerprint density at radius 3 is 0.940 bits per heavy atom. The van der Waals surface area contributed by atoms with Crippen molar-refractivity contribution in [1.29, 1.82) is 0 Å². The Kier molecular flexibility index (Phi) is 12.2. The van der Waals surface area contributed by atoms with E-state index in [-0.39, 0.29) is 29.4 Å². The molecule has 262 valence electrons. The normalized spacial score (nSPS) is 11.1. The van der Waals surface area contributed by atoms with E-state index in [1.165, 1.54) is 0 Å². The molecular formula is C46H54O4. The third kappa shape index (κ3) is 9.59. The van der Waals surface area contributed by atoms with Crippen molar-refractivity contribution in [3.63, 3.8) is 0 Å². The maximum atomic E-state index is 11.8. The summed E-state index contributed by atoms with van der Waals surface area (Å²) in [6, 6.07) is 16.0. The SMILES string of the molecule is C=C(C)Cc1cc(C)c(O)c(Cc2cc(CC(=C)C)cc(Cc3cc(CC(=C)C)cc(Cc4cc(CC(=C)C)cc(CC)c4O)c3O)c2O)c1. The molecular weight excluding hydrogens is 617 g/mol. The Morgan fingerprint density at radius 1 is 0.420 bits per heavy atom. The predicted molar refractivity (Wildman–Crippen MR) is 209 cm³/mol. The van der Waals surface area contributed by atoms with E-state index in [2.05, 4.69) is 26.3 Å². The lowest BCUT2D eigenvalue weighted by Crippen LogP contribution is -2.03. The van der Waals surface area contributed by atoms with Crippen LogP contribution >= 0.6 is 0 Å². The zero-order valence-corrected chi connectivity index (χ0v) is 30.9. The summed E-state index contributed by atoms with van der Waals surface area (Å²) in [7, 11) is 0.